The lowest BCUT2D eigenvalue weighted by Crippen LogP contribution is -2.17. The third-order valence-corrected chi connectivity index (χ3v) is 3.72. The van der Waals surface area contributed by atoms with E-state index in [1.165, 1.54) is 16.7 Å². The lowest BCUT2D eigenvalue weighted by atomic mass is 9.99. The first-order valence-corrected chi connectivity index (χ1v) is 6.99. The lowest BCUT2D eigenvalue weighted by molar-refractivity contribution is 0.386. The quantitative estimate of drug-likeness (QED) is 0.827. The predicted molar refractivity (Wildman–Crippen MR) is 83.0 cm³/mol. The van der Waals surface area contributed by atoms with E-state index in [2.05, 4.69) is 27.9 Å². The Bertz CT molecular complexity index is 557. The van der Waals surface area contributed by atoms with E-state index in [1.54, 1.807) is 6.07 Å². The molecule has 0 saturated carbocycles. The van der Waals surface area contributed by atoms with Gasteiger partial charge in [0.25, 0.3) is 0 Å². The fourth-order valence-electron chi connectivity index (χ4n) is 2.04. The van der Waals surface area contributed by atoms with Crippen molar-refractivity contribution in [2.75, 3.05) is 14.2 Å². The second kappa shape index (κ2) is 6.34. The van der Waals surface area contributed by atoms with Crippen molar-refractivity contribution in [1.29, 1.82) is 0 Å². The Kier molecular flexibility index (Phi) is 4.76. The van der Waals surface area contributed by atoms with E-state index >= 15 is 0 Å². The normalized spacial score (nSPS) is 12.2. The van der Waals surface area contributed by atoms with E-state index in [0.29, 0.717) is 0 Å². The van der Waals surface area contributed by atoms with E-state index < -0.39 is 0 Å². The van der Waals surface area contributed by atoms with Gasteiger partial charge in [-0.15, -0.1) is 0 Å². The Morgan fingerprint density at radius 2 is 1.74 bits per heavy atom. The highest BCUT2D eigenvalue weighted by molar-refractivity contribution is 14.1. The number of nitrogens with one attached hydrogen (secondary N) is 1. The summed E-state index contributed by atoms with van der Waals surface area (Å²) in [6.07, 6.45) is 0. The molecule has 0 radical (unpaired) electrons. The van der Waals surface area contributed by atoms with E-state index in [0.717, 1.165) is 11.1 Å². The Balaban J connectivity index is 2.36. The predicted octanol–water partition coefficient (Wildman–Crippen LogP) is 3.75. The van der Waals surface area contributed by atoms with Crippen LogP contribution >= 0.6 is 22.6 Å². The van der Waals surface area contributed by atoms with E-state index in [4.69, 9.17) is 4.74 Å². The van der Waals surface area contributed by atoms with Crippen molar-refractivity contribution in [3.05, 3.63) is 63.0 Å². The topological polar surface area (TPSA) is 21.3 Å². The summed E-state index contributed by atoms with van der Waals surface area (Å²) in [4.78, 5) is 0. The van der Waals surface area contributed by atoms with Crippen LogP contribution in [0.15, 0.2) is 42.5 Å². The molecule has 2 aromatic carbocycles. The summed E-state index contributed by atoms with van der Waals surface area (Å²) >= 11 is 2.26. The molecule has 1 N–H and O–H groups in total. The summed E-state index contributed by atoms with van der Waals surface area (Å²) in [5.74, 6) is -0.0769. The molecule has 0 aliphatic heterocycles. The fraction of sp³-hybridized carbons (Fsp3) is 0.200. The molecule has 19 heavy (non-hydrogen) atoms. The Labute approximate surface area is 126 Å². The van der Waals surface area contributed by atoms with Crippen LogP contribution in [0.3, 0.4) is 0 Å². The highest BCUT2D eigenvalue weighted by atomic mass is 127. The molecule has 1 unspecified atom stereocenters. The first-order valence-electron chi connectivity index (χ1n) is 5.92. The zero-order valence-corrected chi connectivity index (χ0v) is 12.9. The molecule has 0 heterocycles. The molecule has 2 aromatic rings. The van der Waals surface area contributed by atoms with Crippen LogP contribution in [0.25, 0.3) is 0 Å². The first kappa shape index (κ1) is 14.3. The minimum absolute atomic E-state index is 0.0302. The van der Waals surface area contributed by atoms with Crippen molar-refractivity contribution in [3.8, 4) is 5.75 Å². The number of benzene rings is 2. The van der Waals surface area contributed by atoms with E-state index in [1.807, 2.05) is 37.4 Å². The molecule has 4 heteroatoms. The van der Waals surface area contributed by atoms with Crippen LogP contribution < -0.4 is 10.1 Å². The number of hydrogen-bond acceptors (Lipinski definition) is 2. The fourth-order valence-corrected chi connectivity index (χ4v) is 2.40. The molecular weight excluding hydrogens is 356 g/mol. The van der Waals surface area contributed by atoms with Gasteiger partial charge in [0, 0.05) is 3.57 Å². The third-order valence-electron chi connectivity index (χ3n) is 3.00. The van der Waals surface area contributed by atoms with E-state index in [-0.39, 0.29) is 17.6 Å². The largest absolute Gasteiger partial charge is 0.494 e. The number of halogens is 2. The molecule has 100 valence electrons. The molecule has 0 aromatic heterocycles. The highest BCUT2D eigenvalue weighted by Crippen LogP contribution is 2.26. The van der Waals surface area contributed by atoms with Crippen LogP contribution in [0.5, 0.6) is 5.75 Å². The second-order valence-electron chi connectivity index (χ2n) is 4.17. The molecule has 1 atom stereocenters. The van der Waals surface area contributed by atoms with Crippen LogP contribution in [-0.2, 0) is 0 Å². The van der Waals surface area contributed by atoms with Crippen LogP contribution in [0.4, 0.5) is 4.39 Å². The minimum Gasteiger partial charge on any atom is -0.494 e. The summed E-state index contributed by atoms with van der Waals surface area (Å²) in [7, 11) is 3.33. The van der Waals surface area contributed by atoms with Crippen LogP contribution in [-0.4, -0.2) is 14.2 Å². The zero-order valence-electron chi connectivity index (χ0n) is 10.8. The molecule has 0 amide bonds. The molecule has 2 nitrogen and oxygen atoms in total. The minimum atomic E-state index is -0.342. The molecule has 0 fully saturated rings. The smallest absolute Gasteiger partial charge is 0.165 e. The van der Waals surface area contributed by atoms with Gasteiger partial charge >= 0.3 is 0 Å². The Hall–Kier alpha value is -1.14. The van der Waals surface area contributed by atoms with Crippen LogP contribution in [0, 0.1) is 9.39 Å². The summed E-state index contributed by atoms with van der Waals surface area (Å²) in [6.45, 7) is 0. The SMILES string of the molecule is CNC(c1ccc(I)cc1)c1ccc(OC)c(F)c1. The average molecular weight is 371 g/mol. The lowest BCUT2D eigenvalue weighted by Gasteiger charge is -2.18. The summed E-state index contributed by atoms with van der Waals surface area (Å²) in [6, 6.07) is 13.2. The van der Waals surface area contributed by atoms with Crippen molar-refractivity contribution >= 4 is 22.6 Å². The number of hydrogen-bond donors (Lipinski definition) is 1. The molecule has 0 aliphatic rings. The van der Waals surface area contributed by atoms with Crippen LogP contribution in [0.2, 0.25) is 0 Å². The summed E-state index contributed by atoms with van der Waals surface area (Å²) in [5, 5.41) is 3.21. The number of methoxy groups -OCH3 is 1. The van der Waals surface area contributed by atoms with Crippen LogP contribution in [0.1, 0.15) is 17.2 Å². The maximum Gasteiger partial charge on any atom is 0.165 e. The Morgan fingerprint density at radius 1 is 1.11 bits per heavy atom. The van der Waals surface area contributed by atoms with Gasteiger partial charge in [-0.05, 0) is 65.0 Å². The maximum absolute atomic E-state index is 13.8. The first-order chi connectivity index (χ1) is 9.15. The number of ether oxygens (including phenoxy) is 1. The average Bonchev–Trinajstić information content (AvgIpc) is 2.42. The number of rotatable bonds is 4. The van der Waals surface area contributed by atoms with Crippen molar-refractivity contribution in [1.82, 2.24) is 5.32 Å². The van der Waals surface area contributed by atoms with Gasteiger partial charge in [-0.3, -0.25) is 0 Å². The van der Waals surface area contributed by atoms with Gasteiger partial charge in [0.05, 0.1) is 13.2 Å². The Morgan fingerprint density at radius 3 is 2.26 bits per heavy atom. The van der Waals surface area contributed by atoms with E-state index in [9.17, 15) is 4.39 Å². The molecule has 0 spiro atoms. The highest BCUT2D eigenvalue weighted by Gasteiger charge is 2.14. The molecule has 0 aliphatic carbocycles. The van der Waals surface area contributed by atoms with Gasteiger partial charge in [0.2, 0.25) is 0 Å². The van der Waals surface area contributed by atoms with Gasteiger partial charge in [-0.2, -0.15) is 0 Å². The van der Waals surface area contributed by atoms with Crippen molar-refractivity contribution in [2.45, 2.75) is 6.04 Å². The van der Waals surface area contributed by atoms with Gasteiger partial charge in [-0.1, -0.05) is 18.2 Å². The maximum atomic E-state index is 13.8. The van der Waals surface area contributed by atoms with Crippen molar-refractivity contribution in [3.63, 3.8) is 0 Å². The standard InChI is InChI=1S/C15H15FINO/c1-18-15(10-3-6-12(17)7-4-10)11-5-8-14(19-2)13(16)9-11/h3-9,15,18H,1-2H3. The third kappa shape index (κ3) is 3.25. The second-order valence-corrected chi connectivity index (χ2v) is 5.41. The van der Waals surface area contributed by atoms with Gasteiger partial charge < -0.3 is 10.1 Å². The summed E-state index contributed by atoms with van der Waals surface area (Å²) < 4.78 is 19.9. The zero-order chi connectivity index (χ0) is 13.8. The van der Waals surface area contributed by atoms with Gasteiger partial charge in [-0.25, -0.2) is 4.39 Å². The van der Waals surface area contributed by atoms with Crippen molar-refractivity contribution in [2.24, 2.45) is 0 Å². The van der Waals surface area contributed by atoms with Gasteiger partial charge in [0.1, 0.15) is 0 Å². The monoisotopic (exact) mass is 371 g/mol. The summed E-state index contributed by atoms with van der Waals surface area (Å²) in [5.41, 5.74) is 1.98. The molecule has 2 rings (SSSR count). The molecule has 0 saturated heterocycles. The van der Waals surface area contributed by atoms with Gasteiger partial charge in [0.15, 0.2) is 11.6 Å². The molecular formula is C15H15FINO. The molecule has 0 bridgehead atoms. The van der Waals surface area contributed by atoms with Crippen molar-refractivity contribution < 1.29 is 9.13 Å².